The van der Waals surface area contributed by atoms with E-state index in [0.29, 0.717) is 43.5 Å². The molecule has 3 rings (SSSR count). The number of benzene rings is 1. The van der Waals surface area contributed by atoms with Crippen molar-refractivity contribution in [1.82, 2.24) is 14.9 Å². The summed E-state index contributed by atoms with van der Waals surface area (Å²) in [6, 6.07) is 4.14. The predicted octanol–water partition coefficient (Wildman–Crippen LogP) is -1.50. The normalized spacial score (nSPS) is 13.8. The molecule has 0 spiro atoms. The van der Waals surface area contributed by atoms with E-state index in [1.54, 1.807) is 4.90 Å². The van der Waals surface area contributed by atoms with E-state index in [4.69, 9.17) is 0 Å². The molecular weight excluding hydrogens is 325 g/mol. The highest BCUT2D eigenvalue weighted by molar-refractivity contribution is 6.60. The number of hydrogen-bond acceptors (Lipinski definition) is 6. The predicted molar refractivity (Wildman–Crippen MR) is 89.8 cm³/mol. The maximum atomic E-state index is 12.7. The topological polar surface area (TPSA) is 124 Å². The Kier molecular flexibility index (Phi) is 4.78. The van der Waals surface area contributed by atoms with Crippen LogP contribution in [0.25, 0.3) is 0 Å². The Balaban J connectivity index is 1.84. The van der Waals surface area contributed by atoms with Crippen molar-refractivity contribution >= 4 is 24.8 Å². The van der Waals surface area contributed by atoms with Crippen molar-refractivity contribution in [3.8, 4) is 0 Å². The number of aromatic amines is 1. The van der Waals surface area contributed by atoms with Crippen LogP contribution in [0, 0.1) is 0 Å². The van der Waals surface area contributed by atoms with Gasteiger partial charge in [-0.25, -0.2) is 4.98 Å². The lowest BCUT2D eigenvalue weighted by molar-refractivity contribution is 0.0763. The lowest BCUT2D eigenvalue weighted by Gasteiger charge is -2.20. The molecule has 0 bridgehead atoms. The van der Waals surface area contributed by atoms with Gasteiger partial charge in [0.25, 0.3) is 11.5 Å². The lowest BCUT2D eigenvalue weighted by atomic mass is 9.77. The highest BCUT2D eigenvalue weighted by atomic mass is 16.4. The summed E-state index contributed by atoms with van der Waals surface area (Å²) in [5.74, 6) is -0.286. The Hall–Kier alpha value is -2.78. The maximum absolute atomic E-state index is 12.7. The number of H-pyrrole nitrogens is 1. The van der Waals surface area contributed by atoms with Crippen molar-refractivity contribution < 1.29 is 19.6 Å². The molecule has 8 nitrogen and oxygen atoms in total. The van der Waals surface area contributed by atoms with Gasteiger partial charge in [0.05, 0.1) is 12.0 Å². The van der Waals surface area contributed by atoms with Crippen LogP contribution in [0.15, 0.2) is 29.3 Å². The second-order valence-corrected chi connectivity index (χ2v) is 5.78. The minimum Gasteiger partial charge on any atom is -0.423 e. The van der Waals surface area contributed by atoms with Gasteiger partial charge in [-0.15, -0.1) is 0 Å². The van der Waals surface area contributed by atoms with Gasteiger partial charge in [0.1, 0.15) is 6.29 Å². The average Bonchev–Trinajstić information content (AvgIpc) is 2.84. The fourth-order valence-corrected chi connectivity index (χ4v) is 2.97. The summed E-state index contributed by atoms with van der Waals surface area (Å²) in [7, 11) is -1.78. The first-order chi connectivity index (χ1) is 12.0. The van der Waals surface area contributed by atoms with Crippen LogP contribution in [0.1, 0.15) is 32.0 Å². The van der Waals surface area contributed by atoms with Crippen molar-refractivity contribution in [3.63, 3.8) is 0 Å². The molecular formula is C16H16BN3O5. The molecule has 0 fully saturated rings. The first-order valence-corrected chi connectivity index (χ1v) is 7.81. The van der Waals surface area contributed by atoms with Gasteiger partial charge >= 0.3 is 7.12 Å². The second kappa shape index (κ2) is 7.00. The van der Waals surface area contributed by atoms with E-state index >= 15 is 0 Å². The van der Waals surface area contributed by atoms with Crippen LogP contribution < -0.4 is 11.0 Å². The average molecular weight is 341 g/mol. The van der Waals surface area contributed by atoms with Crippen LogP contribution in [-0.4, -0.2) is 57.3 Å². The Morgan fingerprint density at radius 3 is 2.76 bits per heavy atom. The molecule has 0 radical (unpaired) electrons. The van der Waals surface area contributed by atoms with Gasteiger partial charge in [0.15, 0.2) is 0 Å². The SMILES string of the molecule is O=Cc1cc(C(=O)N2CCc3nc[nH]c(=O)c3CC2)ccc1B(O)O. The van der Waals surface area contributed by atoms with Crippen molar-refractivity contribution in [2.75, 3.05) is 13.1 Å². The van der Waals surface area contributed by atoms with Crippen LogP contribution >= 0.6 is 0 Å². The molecule has 0 atom stereocenters. The Labute approximate surface area is 143 Å². The van der Waals surface area contributed by atoms with Gasteiger partial charge in [-0.3, -0.25) is 14.4 Å². The minimum atomic E-state index is -1.78. The second-order valence-electron chi connectivity index (χ2n) is 5.78. The largest absolute Gasteiger partial charge is 0.489 e. The number of nitrogens with one attached hydrogen (secondary N) is 1. The van der Waals surface area contributed by atoms with Gasteiger partial charge in [0, 0.05) is 36.2 Å². The molecule has 0 aliphatic carbocycles. The molecule has 2 aromatic rings. The van der Waals surface area contributed by atoms with Crippen LogP contribution in [-0.2, 0) is 12.8 Å². The molecule has 1 aromatic carbocycles. The molecule has 1 amide bonds. The third kappa shape index (κ3) is 3.37. The van der Waals surface area contributed by atoms with E-state index in [9.17, 15) is 24.4 Å². The quantitative estimate of drug-likeness (QED) is 0.461. The summed E-state index contributed by atoms with van der Waals surface area (Å²) in [4.78, 5) is 44.0. The standard InChI is InChI=1S/C16H16BN3O5/c21-8-11-7-10(1-2-13(11)17(24)25)16(23)20-5-3-12-14(4-6-20)18-9-19-15(12)22/h1-2,7-9,24-25H,3-6H2,(H,18,19,22). The molecule has 0 saturated carbocycles. The van der Waals surface area contributed by atoms with E-state index in [0.717, 1.165) is 0 Å². The number of rotatable bonds is 3. The number of nitrogens with zero attached hydrogens (tertiary/aromatic N) is 2. The van der Waals surface area contributed by atoms with Gasteiger partial charge in [-0.2, -0.15) is 0 Å². The maximum Gasteiger partial charge on any atom is 0.489 e. The molecule has 1 aliphatic rings. The molecule has 1 aliphatic heterocycles. The summed E-state index contributed by atoms with van der Waals surface area (Å²) in [6.07, 6.45) is 2.71. The molecule has 128 valence electrons. The van der Waals surface area contributed by atoms with Crippen molar-refractivity contribution in [3.05, 3.63) is 57.3 Å². The highest BCUT2D eigenvalue weighted by Crippen LogP contribution is 2.13. The fraction of sp³-hybridized carbons (Fsp3) is 0.250. The third-order valence-electron chi connectivity index (χ3n) is 4.31. The van der Waals surface area contributed by atoms with Crippen molar-refractivity contribution in [2.24, 2.45) is 0 Å². The minimum absolute atomic E-state index is 0.0468. The van der Waals surface area contributed by atoms with Crippen LogP contribution in [0.5, 0.6) is 0 Å². The van der Waals surface area contributed by atoms with E-state index in [2.05, 4.69) is 9.97 Å². The number of amides is 1. The molecule has 9 heteroatoms. The summed E-state index contributed by atoms with van der Waals surface area (Å²) >= 11 is 0. The Morgan fingerprint density at radius 1 is 1.28 bits per heavy atom. The number of aromatic nitrogens is 2. The number of aldehydes is 1. The van der Waals surface area contributed by atoms with Crippen molar-refractivity contribution in [2.45, 2.75) is 12.8 Å². The zero-order valence-corrected chi connectivity index (χ0v) is 13.3. The van der Waals surface area contributed by atoms with Gasteiger partial charge < -0.3 is 19.9 Å². The molecule has 3 N–H and O–H groups in total. The fourth-order valence-electron chi connectivity index (χ4n) is 2.97. The monoisotopic (exact) mass is 341 g/mol. The first-order valence-electron chi connectivity index (χ1n) is 7.81. The van der Waals surface area contributed by atoms with Crippen LogP contribution in [0.3, 0.4) is 0 Å². The van der Waals surface area contributed by atoms with Gasteiger partial charge in [0.2, 0.25) is 0 Å². The Morgan fingerprint density at radius 2 is 2.04 bits per heavy atom. The summed E-state index contributed by atoms with van der Waals surface area (Å²) in [6.45, 7) is 0.768. The third-order valence-corrected chi connectivity index (χ3v) is 4.31. The molecule has 0 unspecified atom stereocenters. The summed E-state index contributed by atoms with van der Waals surface area (Å²) in [5, 5.41) is 18.5. The van der Waals surface area contributed by atoms with E-state index < -0.39 is 7.12 Å². The van der Waals surface area contributed by atoms with Gasteiger partial charge in [-0.1, -0.05) is 6.07 Å². The number of carbonyl (C=O) groups is 2. The zero-order chi connectivity index (χ0) is 18.0. The molecule has 2 heterocycles. The Bertz CT molecular complexity index is 880. The first kappa shape index (κ1) is 17.1. The molecule has 1 aromatic heterocycles. The van der Waals surface area contributed by atoms with Crippen LogP contribution in [0.2, 0.25) is 0 Å². The smallest absolute Gasteiger partial charge is 0.423 e. The molecule has 0 saturated heterocycles. The van der Waals surface area contributed by atoms with E-state index in [1.807, 2.05) is 0 Å². The number of carbonyl (C=O) groups excluding carboxylic acids is 2. The summed E-state index contributed by atoms with van der Waals surface area (Å²) < 4.78 is 0. The lowest BCUT2D eigenvalue weighted by Crippen LogP contribution is -2.36. The number of fused-ring (bicyclic) bond motifs is 1. The van der Waals surface area contributed by atoms with E-state index in [-0.39, 0.29) is 28.1 Å². The zero-order valence-electron chi connectivity index (χ0n) is 13.3. The van der Waals surface area contributed by atoms with Gasteiger partial charge in [-0.05, 0) is 24.0 Å². The molecule has 25 heavy (non-hydrogen) atoms. The van der Waals surface area contributed by atoms with E-state index in [1.165, 1.54) is 24.5 Å². The van der Waals surface area contributed by atoms with Crippen LogP contribution in [0.4, 0.5) is 0 Å². The van der Waals surface area contributed by atoms with Crippen molar-refractivity contribution in [1.29, 1.82) is 0 Å². The highest BCUT2D eigenvalue weighted by Gasteiger charge is 2.23. The number of hydrogen-bond donors (Lipinski definition) is 3. The summed E-state index contributed by atoms with van der Waals surface area (Å²) in [5.41, 5.74) is 1.46.